The van der Waals surface area contributed by atoms with Crippen LogP contribution in [0.15, 0.2) is 12.2 Å². The van der Waals surface area contributed by atoms with E-state index in [-0.39, 0.29) is 0 Å². The van der Waals surface area contributed by atoms with E-state index in [0.717, 1.165) is 18.2 Å². The summed E-state index contributed by atoms with van der Waals surface area (Å²) in [5.74, 6) is 2.77. The van der Waals surface area contributed by atoms with Gasteiger partial charge in [0.1, 0.15) is 0 Å². The highest BCUT2D eigenvalue weighted by molar-refractivity contribution is 8.01. The van der Waals surface area contributed by atoms with Crippen molar-refractivity contribution >= 4 is 11.8 Å². The minimum atomic E-state index is -1.57. The maximum absolute atomic E-state index is 11.4. The first kappa shape index (κ1) is 9.95. The summed E-state index contributed by atoms with van der Waals surface area (Å²) >= 11 is 1.59. The first-order chi connectivity index (χ1) is 4.77. The van der Waals surface area contributed by atoms with E-state index in [1.165, 1.54) is 0 Å². The molecule has 0 aliphatic carbocycles. The van der Waals surface area contributed by atoms with Gasteiger partial charge in [-0.05, 0) is 24.7 Å². The highest BCUT2D eigenvalue weighted by Crippen LogP contribution is 2.10. The van der Waals surface area contributed by atoms with Gasteiger partial charge in [-0.15, -0.1) is 0 Å². The van der Waals surface area contributed by atoms with Crippen LogP contribution in [0.4, 0.5) is 8.78 Å². The Balaban J connectivity index is 2.98. The summed E-state index contributed by atoms with van der Waals surface area (Å²) in [4.78, 5) is 0. The molecule has 0 aliphatic rings. The first-order valence-electron chi connectivity index (χ1n) is 3.21. The molecule has 0 rings (SSSR count). The van der Waals surface area contributed by atoms with E-state index < -0.39 is 6.08 Å². The molecule has 0 atom stereocenters. The molecule has 0 aliphatic heterocycles. The summed E-state index contributed by atoms with van der Waals surface area (Å²) in [7, 11) is 0. The molecule has 0 aromatic carbocycles. The van der Waals surface area contributed by atoms with Gasteiger partial charge in [0, 0.05) is 5.75 Å². The van der Waals surface area contributed by atoms with Crippen LogP contribution in [0.3, 0.4) is 0 Å². The zero-order valence-electron chi connectivity index (χ0n) is 5.94. The first-order valence-corrected chi connectivity index (χ1v) is 4.26. The second kappa shape index (κ2) is 7.06. The van der Waals surface area contributed by atoms with E-state index in [4.69, 9.17) is 0 Å². The number of rotatable bonds is 5. The van der Waals surface area contributed by atoms with Crippen LogP contribution >= 0.6 is 11.8 Å². The maximum atomic E-state index is 11.4. The second-order valence-electron chi connectivity index (χ2n) is 1.73. The maximum Gasteiger partial charge on any atom is 0.266 e. The van der Waals surface area contributed by atoms with Crippen LogP contribution in [0.25, 0.3) is 0 Å². The molecule has 0 unspecified atom stereocenters. The smallest absolute Gasteiger partial charge is 0.174 e. The Morgan fingerprint density at radius 2 is 2.20 bits per heavy atom. The van der Waals surface area contributed by atoms with Crippen LogP contribution < -0.4 is 0 Å². The van der Waals surface area contributed by atoms with Gasteiger partial charge in [-0.3, -0.25) is 0 Å². The topological polar surface area (TPSA) is 0 Å². The monoisotopic (exact) mass is 165 g/mol. The molecule has 0 saturated carbocycles. The van der Waals surface area contributed by atoms with Crippen LogP contribution in [0.2, 0.25) is 0 Å². The number of halogens is 2. The Kier molecular flexibility index (Phi) is 7.03. The summed E-state index contributed by atoms with van der Waals surface area (Å²) in [6, 6.07) is 0. The molecule has 0 aromatic heterocycles. The van der Waals surface area contributed by atoms with E-state index in [9.17, 15) is 8.78 Å². The van der Waals surface area contributed by atoms with Gasteiger partial charge in [0.15, 0.2) is 0 Å². The molecule has 0 fully saturated rings. The number of hydrogen-bond donors (Lipinski definition) is 0. The molecule has 10 heavy (non-hydrogen) atoms. The quantitative estimate of drug-likeness (QED) is 0.562. The van der Waals surface area contributed by atoms with Gasteiger partial charge in [0.05, 0.1) is 0 Å². The Labute approximate surface area is 64.7 Å². The summed E-state index contributed by atoms with van der Waals surface area (Å²) in [6.45, 7) is 2.03. The predicted octanol–water partition coefficient (Wildman–Crippen LogP) is 3.46. The highest BCUT2D eigenvalue weighted by Gasteiger charge is 1.88. The Hall–Kier alpha value is -0.0500. The standard InChI is InChI=1S/C7H11F2S/c1-2-5-10-6-3-4-7(8)9/h4-5H,2-3,6H2,1H3. The van der Waals surface area contributed by atoms with Crippen molar-refractivity contribution < 1.29 is 8.78 Å². The van der Waals surface area contributed by atoms with Gasteiger partial charge in [0.25, 0.3) is 6.08 Å². The molecule has 0 N–H and O–H groups in total. The lowest BCUT2D eigenvalue weighted by molar-refractivity contribution is 0.418. The molecule has 0 spiro atoms. The third-order valence-electron chi connectivity index (χ3n) is 0.819. The average Bonchev–Trinajstić information content (AvgIpc) is 1.87. The molecule has 0 aromatic rings. The molecule has 0 heterocycles. The van der Waals surface area contributed by atoms with Crippen molar-refractivity contribution in [2.24, 2.45) is 0 Å². The van der Waals surface area contributed by atoms with Crippen molar-refractivity contribution in [1.82, 2.24) is 0 Å². The van der Waals surface area contributed by atoms with Gasteiger partial charge >= 0.3 is 0 Å². The summed E-state index contributed by atoms with van der Waals surface area (Å²) in [6.07, 6.45) is 0.837. The van der Waals surface area contributed by atoms with Crippen molar-refractivity contribution in [3.8, 4) is 0 Å². The van der Waals surface area contributed by atoms with Crippen molar-refractivity contribution in [3.63, 3.8) is 0 Å². The molecular weight excluding hydrogens is 154 g/mol. The third kappa shape index (κ3) is 7.95. The Bertz CT molecular complexity index is 97.8. The fourth-order valence-corrected chi connectivity index (χ4v) is 1.09. The number of hydrogen-bond acceptors (Lipinski definition) is 1. The van der Waals surface area contributed by atoms with Crippen molar-refractivity contribution in [2.75, 3.05) is 5.75 Å². The van der Waals surface area contributed by atoms with Crippen molar-refractivity contribution in [2.45, 2.75) is 19.8 Å². The average molecular weight is 165 g/mol. The van der Waals surface area contributed by atoms with E-state index in [1.54, 1.807) is 11.8 Å². The summed E-state index contributed by atoms with van der Waals surface area (Å²) in [5.41, 5.74) is 0. The van der Waals surface area contributed by atoms with Crippen LogP contribution in [-0.2, 0) is 0 Å². The Morgan fingerprint density at radius 3 is 2.70 bits per heavy atom. The molecule has 59 valence electrons. The van der Waals surface area contributed by atoms with E-state index >= 15 is 0 Å². The zero-order valence-corrected chi connectivity index (χ0v) is 6.76. The van der Waals surface area contributed by atoms with E-state index in [1.807, 2.05) is 12.7 Å². The van der Waals surface area contributed by atoms with Gasteiger partial charge in [-0.25, -0.2) is 0 Å². The largest absolute Gasteiger partial charge is 0.266 e. The summed E-state index contributed by atoms with van der Waals surface area (Å²) < 4.78 is 22.8. The van der Waals surface area contributed by atoms with E-state index in [0.29, 0.717) is 6.42 Å². The second-order valence-corrected chi connectivity index (χ2v) is 2.80. The van der Waals surface area contributed by atoms with Gasteiger partial charge in [-0.1, -0.05) is 6.92 Å². The SMILES string of the molecule is CC[CH]SCCC=C(F)F. The van der Waals surface area contributed by atoms with Crippen molar-refractivity contribution in [1.29, 1.82) is 0 Å². The minimum Gasteiger partial charge on any atom is -0.174 e. The molecule has 1 radical (unpaired) electrons. The van der Waals surface area contributed by atoms with Crippen LogP contribution in [-0.4, -0.2) is 5.75 Å². The highest BCUT2D eigenvalue weighted by atomic mass is 32.2. The lowest BCUT2D eigenvalue weighted by atomic mass is 10.5. The van der Waals surface area contributed by atoms with Gasteiger partial charge in [0.2, 0.25) is 0 Å². The number of thioether (sulfide) groups is 1. The molecule has 0 bridgehead atoms. The van der Waals surface area contributed by atoms with Crippen molar-refractivity contribution in [3.05, 3.63) is 17.9 Å². The molecular formula is C7H11F2S. The van der Waals surface area contributed by atoms with Crippen LogP contribution in [0, 0.1) is 5.75 Å². The van der Waals surface area contributed by atoms with Crippen LogP contribution in [0.1, 0.15) is 19.8 Å². The molecule has 0 saturated heterocycles. The molecule has 0 nitrogen and oxygen atoms in total. The lowest BCUT2D eigenvalue weighted by Gasteiger charge is -1.92. The normalized spacial score (nSPS) is 9.50. The Morgan fingerprint density at radius 1 is 1.50 bits per heavy atom. The molecule has 3 heteroatoms. The fraction of sp³-hybridized carbons (Fsp3) is 0.571. The predicted molar refractivity (Wildman–Crippen MR) is 42.0 cm³/mol. The number of allylic oxidation sites excluding steroid dienone is 1. The third-order valence-corrected chi connectivity index (χ3v) is 1.86. The van der Waals surface area contributed by atoms with Gasteiger partial charge < -0.3 is 0 Å². The van der Waals surface area contributed by atoms with Crippen LogP contribution in [0.5, 0.6) is 0 Å². The van der Waals surface area contributed by atoms with Gasteiger partial charge in [-0.2, -0.15) is 20.5 Å². The lowest BCUT2D eigenvalue weighted by Crippen LogP contribution is -1.74. The fourth-order valence-electron chi connectivity index (χ4n) is 0.437. The summed E-state index contributed by atoms with van der Waals surface area (Å²) in [5, 5.41) is 0. The zero-order chi connectivity index (χ0) is 7.82. The van der Waals surface area contributed by atoms with E-state index in [2.05, 4.69) is 0 Å². The minimum absolute atomic E-state index is 0.462. The molecule has 0 amide bonds.